The van der Waals surface area contributed by atoms with E-state index in [0.29, 0.717) is 38.5 Å². The molecule has 0 saturated carbocycles. The van der Waals surface area contributed by atoms with E-state index in [-0.39, 0.29) is 18.2 Å². The summed E-state index contributed by atoms with van der Waals surface area (Å²) in [4.78, 5) is 28.4. The van der Waals surface area contributed by atoms with Gasteiger partial charge in [0.05, 0.1) is 13.2 Å². The van der Waals surface area contributed by atoms with Crippen LogP contribution in [-0.4, -0.2) is 49.7 Å². The van der Waals surface area contributed by atoms with Crippen molar-refractivity contribution in [3.8, 4) is 0 Å². The first-order valence-electron chi connectivity index (χ1n) is 10.5. The third kappa shape index (κ3) is 4.26. The Hall–Kier alpha value is -3.06. The van der Waals surface area contributed by atoms with Gasteiger partial charge in [-0.25, -0.2) is 9.59 Å². The molecule has 0 aromatic heterocycles. The summed E-state index contributed by atoms with van der Waals surface area (Å²) < 4.78 is 5.92. The second kappa shape index (κ2) is 8.75. The highest BCUT2D eigenvalue weighted by Gasteiger charge is 2.26. The van der Waals surface area contributed by atoms with Crippen molar-refractivity contribution < 1.29 is 14.3 Å². The summed E-state index contributed by atoms with van der Waals surface area (Å²) in [7, 11) is 0. The highest BCUT2D eigenvalue weighted by atomic mass is 16.5. The number of urea groups is 2. The number of aryl methyl sites for hydroxylation is 2. The van der Waals surface area contributed by atoms with E-state index in [1.165, 1.54) is 5.56 Å². The molecule has 1 atom stereocenters. The number of benzene rings is 2. The maximum atomic E-state index is 13.0. The minimum absolute atomic E-state index is 0.110. The summed E-state index contributed by atoms with van der Waals surface area (Å²) in [6.45, 7) is 6.88. The number of ether oxygens (including phenoxy) is 1. The Morgan fingerprint density at radius 1 is 1.20 bits per heavy atom. The molecule has 2 aliphatic heterocycles. The number of nitrogens with zero attached hydrogens (tertiary/aromatic N) is 2. The van der Waals surface area contributed by atoms with Gasteiger partial charge in [0, 0.05) is 31.0 Å². The molecule has 4 amide bonds. The van der Waals surface area contributed by atoms with Crippen molar-refractivity contribution in [1.82, 2.24) is 10.2 Å². The fourth-order valence-electron chi connectivity index (χ4n) is 3.83. The van der Waals surface area contributed by atoms with Crippen LogP contribution >= 0.6 is 0 Å². The minimum atomic E-state index is -0.153. The monoisotopic (exact) mass is 408 g/mol. The van der Waals surface area contributed by atoms with Gasteiger partial charge in [0.2, 0.25) is 0 Å². The lowest BCUT2D eigenvalue weighted by atomic mass is 10.0. The number of carbonyl (C=O) groups is 2. The number of rotatable bonds is 4. The van der Waals surface area contributed by atoms with Crippen molar-refractivity contribution in [2.45, 2.75) is 26.4 Å². The van der Waals surface area contributed by atoms with Crippen LogP contribution in [0.5, 0.6) is 0 Å². The van der Waals surface area contributed by atoms with Crippen LogP contribution in [0.1, 0.15) is 29.7 Å². The molecule has 2 saturated heterocycles. The molecule has 7 nitrogen and oxygen atoms in total. The van der Waals surface area contributed by atoms with E-state index in [4.69, 9.17) is 4.74 Å². The minimum Gasteiger partial charge on any atom is -0.370 e. The van der Waals surface area contributed by atoms with Gasteiger partial charge in [0.25, 0.3) is 0 Å². The molecule has 4 rings (SSSR count). The molecule has 0 bridgehead atoms. The first-order chi connectivity index (χ1) is 14.5. The van der Waals surface area contributed by atoms with Gasteiger partial charge < -0.3 is 20.3 Å². The second-order valence-corrected chi connectivity index (χ2v) is 7.71. The van der Waals surface area contributed by atoms with E-state index in [9.17, 15) is 9.59 Å². The molecule has 30 heavy (non-hydrogen) atoms. The number of amides is 4. The van der Waals surface area contributed by atoms with E-state index >= 15 is 0 Å². The lowest BCUT2D eigenvalue weighted by Gasteiger charge is -2.33. The van der Waals surface area contributed by atoms with E-state index in [2.05, 4.69) is 41.8 Å². The van der Waals surface area contributed by atoms with Crippen molar-refractivity contribution in [2.24, 2.45) is 0 Å². The van der Waals surface area contributed by atoms with Crippen LogP contribution in [0.3, 0.4) is 0 Å². The van der Waals surface area contributed by atoms with Crippen LogP contribution in [0.15, 0.2) is 42.5 Å². The van der Waals surface area contributed by atoms with Gasteiger partial charge in [0.15, 0.2) is 0 Å². The van der Waals surface area contributed by atoms with Gasteiger partial charge in [0.1, 0.15) is 6.10 Å². The molecule has 2 fully saturated rings. The van der Waals surface area contributed by atoms with Crippen molar-refractivity contribution in [3.63, 3.8) is 0 Å². The molecule has 1 unspecified atom stereocenters. The quantitative estimate of drug-likeness (QED) is 0.810. The maximum absolute atomic E-state index is 13.0. The number of nitrogens with one attached hydrogen (secondary N) is 2. The number of morpholine rings is 1. The van der Waals surface area contributed by atoms with Crippen LogP contribution in [0.2, 0.25) is 0 Å². The van der Waals surface area contributed by atoms with Gasteiger partial charge in [-0.3, -0.25) is 4.90 Å². The zero-order chi connectivity index (χ0) is 21.1. The average Bonchev–Trinajstić information content (AvgIpc) is 3.21. The topological polar surface area (TPSA) is 73.9 Å². The summed E-state index contributed by atoms with van der Waals surface area (Å²) >= 11 is 0. The molecule has 2 N–H and O–H groups in total. The predicted molar refractivity (Wildman–Crippen MR) is 117 cm³/mol. The average molecular weight is 409 g/mol. The largest absolute Gasteiger partial charge is 0.370 e. The van der Waals surface area contributed by atoms with Crippen molar-refractivity contribution in [2.75, 3.05) is 43.0 Å². The lowest BCUT2D eigenvalue weighted by Crippen LogP contribution is -2.44. The predicted octanol–water partition coefficient (Wildman–Crippen LogP) is 3.69. The number of carbonyl (C=O) groups excluding carboxylic acids is 2. The summed E-state index contributed by atoms with van der Waals surface area (Å²) in [6.07, 6.45) is 0.869. The van der Waals surface area contributed by atoms with Crippen molar-refractivity contribution >= 4 is 23.4 Å². The van der Waals surface area contributed by atoms with E-state index < -0.39 is 0 Å². The summed E-state index contributed by atoms with van der Waals surface area (Å²) in [6, 6.07) is 13.8. The Morgan fingerprint density at radius 3 is 2.70 bits per heavy atom. The van der Waals surface area contributed by atoms with Gasteiger partial charge >= 0.3 is 12.1 Å². The molecule has 2 heterocycles. The maximum Gasteiger partial charge on any atom is 0.322 e. The van der Waals surface area contributed by atoms with Gasteiger partial charge in [-0.1, -0.05) is 37.3 Å². The fourth-order valence-corrected chi connectivity index (χ4v) is 3.83. The summed E-state index contributed by atoms with van der Waals surface area (Å²) in [5, 5.41) is 5.82. The Bertz CT molecular complexity index is 929. The van der Waals surface area contributed by atoms with Crippen molar-refractivity contribution in [3.05, 3.63) is 59.2 Å². The van der Waals surface area contributed by atoms with Gasteiger partial charge in [-0.05, 0) is 42.2 Å². The molecule has 2 aromatic carbocycles. The SMILES string of the molecule is CCc1ccc(C2CN(C(=O)Nc3cc(N4CCNC4=O)ccc3C)CCO2)cc1. The number of anilines is 2. The lowest BCUT2D eigenvalue weighted by molar-refractivity contribution is -0.0135. The zero-order valence-corrected chi connectivity index (χ0v) is 17.5. The molecule has 0 spiro atoms. The van der Waals surface area contributed by atoms with Crippen molar-refractivity contribution in [1.29, 1.82) is 0 Å². The molecule has 158 valence electrons. The second-order valence-electron chi connectivity index (χ2n) is 7.71. The van der Waals surface area contributed by atoms with Crippen LogP contribution in [0, 0.1) is 6.92 Å². The number of hydrogen-bond acceptors (Lipinski definition) is 3. The Kier molecular flexibility index (Phi) is 5.90. The molecular weight excluding hydrogens is 380 g/mol. The third-order valence-electron chi connectivity index (χ3n) is 5.74. The molecule has 7 heteroatoms. The Morgan fingerprint density at radius 2 is 2.00 bits per heavy atom. The van der Waals surface area contributed by atoms with Crippen LogP contribution in [0.25, 0.3) is 0 Å². The van der Waals surface area contributed by atoms with E-state index in [1.54, 1.807) is 9.80 Å². The number of hydrogen-bond donors (Lipinski definition) is 2. The van der Waals surface area contributed by atoms with E-state index in [0.717, 1.165) is 23.2 Å². The normalized spacial score (nSPS) is 19.0. The summed E-state index contributed by atoms with van der Waals surface area (Å²) in [5.41, 5.74) is 4.81. The first-order valence-corrected chi connectivity index (χ1v) is 10.5. The van der Waals surface area contributed by atoms with Gasteiger partial charge in [-0.15, -0.1) is 0 Å². The van der Waals surface area contributed by atoms with E-state index in [1.807, 2.05) is 25.1 Å². The highest BCUT2D eigenvalue weighted by molar-refractivity contribution is 5.96. The Balaban J connectivity index is 1.44. The fraction of sp³-hybridized carbons (Fsp3) is 0.391. The van der Waals surface area contributed by atoms with Gasteiger partial charge in [-0.2, -0.15) is 0 Å². The standard InChI is InChI=1S/C23H28N4O3/c1-3-17-5-7-18(8-6-17)21-15-26(12-13-30-21)23(29)25-20-14-19(9-4-16(20)2)27-11-10-24-22(27)28/h4-9,14,21H,3,10-13,15H2,1-2H3,(H,24,28)(H,25,29). The Labute approximate surface area is 177 Å². The van der Waals surface area contributed by atoms with Crippen LogP contribution in [0.4, 0.5) is 21.0 Å². The smallest absolute Gasteiger partial charge is 0.322 e. The molecule has 0 aliphatic carbocycles. The summed E-state index contributed by atoms with van der Waals surface area (Å²) in [5.74, 6) is 0. The van der Waals surface area contributed by atoms with Crippen LogP contribution < -0.4 is 15.5 Å². The molecule has 2 aliphatic rings. The third-order valence-corrected chi connectivity index (χ3v) is 5.74. The molecular formula is C23H28N4O3. The zero-order valence-electron chi connectivity index (χ0n) is 17.5. The first kappa shape index (κ1) is 20.2. The highest BCUT2D eigenvalue weighted by Crippen LogP contribution is 2.26. The molecule has 2 aromatic rings. The van der Waals surface area contributed by atoms with Crippen LogP contribution in [-0.2, 0) is 11.2 Å². The molecule has 0 radical (unpaired) electrons.